The van der Waals surface area contributed by atoms with Crippen LogP contribution in [0.4, 0.5) is 5.69 Å². The minimum Gasteiger partial charge on any atom is -0.486 e. The highest BCUT2D eigenvalue weighted by molar-refractivity contribution is 5.96. The van der Waals surface area contributed by atoms with Crippen molar-refractivity contribution in [1.82, 2.24) is 4.90 Å². The molecule has 5 rings (SSSR count). The lowest BCUT2D eigenvalue weighted by molar-refractivity contribution is 0.0710. The molecule has 1 aromatic heterocycles. The van der Waals surface area contributed by atoms with Crippen LogP contribution in [0.3, 0.4) is 0 Å². The van der Waals surface area contributed by atoms with E-state index in [0.29, 0.717) is 31.9 Å². The lowest BCUT2D eigenvalue weighted by Gasteiger charge is -2.33. The molecule has 0 radical (unpaired) electrons. The van der Waals surface area contributed by atoms with Crippen LogP contribution in [0.5, 0.6) is 11.5 Å². The Morgan fingerprint density at radius 1 is 1.03 bits per heavy atom. The molecule has 2 aliphatic rings. The first-order chi connectivity index (χ1) is 14.7. The van der Waals surface area contributed by atoms with E-state index in [2.05, 4.69) is 5.32 Å². The Morgan fingerprint density at radius 3 is 2.77 bits per heavy atom. The van der Waals surface area contributed by atoms with Gasteiger partial charge in [-0.05, 0) is 37.1 Å². The van der Waals surface area contributed by atoms with Gasteiger partial charge in [0.05, 0.1) is 0 Å². The molecular formula is C23H22N2O5. The smallest absolute Gasteiger partial charge is 0.349 e. The molecule has 0 bridgehead atoms. The van der Waals surface area contributed by atoms with Crippen molar-refractivity contribution in [2.24, 2.45) is 0 Å². The summed E-state index contributed by atoms with van der Waals surface area (Å²) < 4.78 is 16.5. The Balaban J connectivity index is 1.32. The first-order valence-electron chi connectivity index (χ1n) is 10.2. The van der Waals surface area contributed by atoms with E-state index in [1.165, 1.54) is 0 Å². The summed E-state index contributed by atoms with van der Waals surface area (Å²) in [6.07, 6.45) is 1.79. The minimum absolute atomic E-state index is 0.0775. The van der Waals surface area contributed by atoms with Gasteiger partial charge in [-0.15, -0.1) is 0 Å². The Labute approximate surface area is 173 Å². The van der Waals surface area contributed by atoms with Crippen LogP contribution in [0, 0.1) is 0 Å². The summed E-state index contributed by atoms with van der Waals surface area (Å²) in [6, 6.07) is 14.7. The standard InChI is InChI=1S/C23H22N2O5/c26-22(18-12-15-4-1-2-6-19(15)30-23(18)27)25-9-3-5-17(14-25)24-16-7-8-20-21(13-16)29-11-10-28-20/h1-2,4,6-8,12-13,17,24H,3,5,9-11,14H2. The second-order valence-electron chi connectivity index (χ2n) is 7.58. The SMILES string of the molecule is O=C(c1cc2ccccc2oc1=O)N1CCCC(Nc2ccc3c(c2)OCCO3)C1. The molecular weight excluding hydrogens is 384 g/mol. The number of hydrogen-bond donors (Lipinski definition) is 1. The molecule has 1 amide bonds. The summed E-state index contributed by atoms with van der Waals surface area (Å²) in [4.78, 5) is 27.1. The van der Waals surface area contributed by atoms with Crippen LogP contribution in [0.25, 0.3) is 11.0 Å². The van der Waals surface area contributed by atoms with Crippen LogP contribution < -0.4 is 20.4 Å². The van der Waals surface area contributed by atoms with E-state index in [9.17, 15) is 9.59 Å². The van der Waals surface area contributed by atoms with Crippen LogP contribution in [-0.4, -0.2) is 43.2 Å². The number of likely N-dealkylation sites (tertiary alicyclic amines) is 1. The third-order valence-corrected chi connectivity index (χ3v) is 5.49. The van der Waals surface area contributed by atoms with E-state index >= 15 is 0 Å². The van der Waals surface area contributed by atoms with Gasteiger partial charge in [-0.2, -0.15) is 0 Å². The van der Waals surface area contributed by atoms with Gasteiger partial charge in [0.15, 0.2) is 11.5 Å². The molecule has 3 heterocycles. The molecule has 0 spiro atoms. The first-order valence-corrected chi connectivity index (χ1v) is 10.2. The second kappa shape index (κ2) is 7.74. The number of nitrogens with zero attached hydrogens (tertiary/aromatic N) is 1. The van der Waals surface area contributed by atoms with Crippen molar-refractivity contribution >= 4 is 22.6 Å². The molecule has 1 atom stereocenters. The van der Waals surface area contributed by atoms with Gasteiger partial charge in [0.2, 0.25) is 0 Å². The third kappa shape index (κ3) is 3.58. The number of benzene rings is 2. The zero-order valence-electron chi connectivity index (χ0n) is 16.4. The predicted molar refractivity (Wildman–Crippen MR) is 112 cm³/mol. The summed E-state index contributed by atoms with van der Waals surface area (Å²) in [5.41, 5.74) is 0.883. The van der Waals surface area contributed by atoms with Gasteiger partial charge in [-0.1, -0.05) is 18.2 Å². The van der Waals surface area contributed by atoms with E-state index in [4.69, 9.17) is 13.9 Å². The zero-order valence-corrected chi connectivity index (χ0v) is 16.4. The number of hydrogen-bond acceptors (Lipinski definition) is 6. The topological polar surface area (TPSA) is 81.0 Å². The number of fused-ring (bicyclic) bond motifs is 2. The summed E-state index contributed by atoms with van der Waals surface area (Å²) in [6.45, 7) is 2.22. The molecule has 1 unspecified atom stereocenters. The number of anilines is 1. The maximum absolute atomic E-state index is 13.1. The fraction of sp³-hybridized carbons (Fsp3) is 0.304. The van der Waals surface area contributed by atoms with Crippen LogP contribution in [0.1, 0.15) is 23.2 Å². The number of rotatable bonds is 3. The van der Waals surface area contributed by atoms with Gasteiger partial charge >= 0.3 is 5.63 Å². The number of nitrogens with one attached hydrogen (secondary N) is 1. The molecule has 7 heteroatoms. The van der Waals surface area contributed by atoms with Crippen molar-refractivity contribution in [3.8, 4) is 11.5 Å². The number of amides is 1. The lowest BCUT2D eigenvalue weighted by atomic mass is 10.0. The summed E-state index contributed by atoms with van der Waals surface area (Å²) in [5, 5.41) is 4.22. The summed E-state index contributed by atoms with van der Waals surface area (Å²) >= 11 is 0. The zero-order chi connectivity index (χ0) is 20.5. The number of piperidine rings is 1. The molecule has 1 saturated heterocycles. The van der Waals surface area contributed by atoms with Crippen LogP contribution in [0.15, 0.2) is 57.7 Å². The van der Waals surface area contributed by atoms with E-state index in [1.54, 1.807) is 23.1 Å². The normalized spacial score (nSPS) is 18.3. The molecule has 2 aromatic carbocycles. The first kappa shape index (κ1) is 18.5. The number of carbonyl (C=O) groups is 1. The second-order valence-corrected chi connectivity index (χ2v) is 7.58. The average Bonchev–Trinajstić information content (AvgIpc) is 2.78. The van der Waals surface area contributed by atoms with Crippen molar-refractivity contribution in [1.29, 1.82) is 0 Å². The Hall–Kier alpha value is -3.48. The fourth-order valence-electron chi connectivity index (χ4n) is 4.03. The average molecular weight is 406 g/mol. The highest BCUT2D eigenvalue weighted by Gasteiger charge is 2.27. The molecule has 0 saturated carbocycles. The van der Waals surface area contributed by atoms with E-state index in [0.717, 1.165) is 35.4 Å². The molecule has 1 N–H and O–H groups in total. The van der Waals surface area contributed by atoms with Gasteiger partial charge in [0.25, 0.3) is 5.91 Å². The molecule has 3 aromatic rings. The highest BCUT2D eigenvalue weighted by Crippen LogP contribution is 2.33. The minimum atomic E-state index is -0.597. The molecule has 1 fully saturated rings. The van der Waals surface area contributed by atoms with Crippen LogP contribution in [0.2, 0.25) is 0 Å². The van der Waals surface area contributed by atoms with Crippen molar-refractivity contribution in [2.45, 2.75) is 18.9 Å². The van der Waals surface area contributed by atoms with Crippen molar-refractivity contribution in [2.75, 3.05) is 31.6 Å². The molecule has 0 aliphatic carbocycles. The van der Waals surface area contributed by atoms with Gasteiger partial charge < -0.3 is 24.1 Å². The molecule has 7 nitrogen and oxygen atoms in total. The maximum Gasteiger partial charge on any atom is 0.349 e. The fourth-order valence-corrected chi connectivity index (χ4v) is 4.03. The molecule has 154 valence electrons. The van der Waals surface area contributed by atoms with E-state index < -0.39 is 5.63 Å². The van der Waals surface area contributed by atoms with Crippen LogP contribution in [-0.2, 0) is 0 Å². The number of ether oxygens (including phenoxy) is 2. The maximum atomic E-state index is 13.1. The highest BCUT2D eigenvalue weighted by atomic mass is 16.6. The molecule has 2 aliphatic heterocycles. The number of carbonyl (C=O) groups excluding carboxylic acids is 1. The van der Waals surface area contributed by atoms with Crippen molar-refractivity contribution in [3.63, 3.8) is 0 Å². The van der Waals surface area contributed by atoms with Crippen molar-refractivity contribution < 1.29 is 18.7 Å². The molecule has 30 heavy (non-hydrogen) atoms. The van der Waals surface area contributed by atoms with Gasteiger partial charge in [0, 0.05) is 36.3 Å². The predicted octanol–water partition coefficient (Wildman–Crippen LogP) is 3.28. The van der Waals surface area contributed by atoms with Gasteiger partial charge in [-0.25, -0.2) is 4.79 Å². The van der Waals surface area contributed by atoms with Crippen molar-refractivity contribution in [3.05, 3.63) is 64.5 Å². The Bertz CT molecular complexity index is 1160. The third-order valence-electron chi connectivity index (χ3n) is 5.49. The van der Waals surface area contributed by atoms with Crippen LogP contribution >= 0.6 is 0 Å². The van der Waals surface area contributed by atoms with E-state index in [-0.39, 0.29) is 17.5 Å². The monoisotopic (exact) mass is 406 g/mol. The Morgan fingerprint density at radius 2 is 1.87 bits per heavy atom. The van der Waals surface area contributed by atoms with Gasteiger partial charge in [-0.3, -0.25) is 4.79 Å². The quantitative estimate of drug-likeness (QED) is 0.673. The van der Waals surface area contributed by atoms with Gasteiger partial charge in [0.1, 0.15) is 24.4 Å². The largest absolute Gasteiger partial charge is 0.486 e. The van der Waals surface area contributed by atoms with E-state index in [1.807, 2.05) is 30.3 Å². The Kier molecular flexibility index (Phi) is 4.78. The lowest BCUT2D eigenvalue weighted by Crippen LogP contribution is -2.46. The number of para-hydroxylation sites is 1. The summed E-state index contributed by atoms with van der Waals surface area (Å²) in [5.74, 6) is 1.18. The summed E-state index contributed by atoms with van der Waals surface area (Å²) in [7, 11) is 0.